The molecule has 0 aliphatic carbocycles. The van der Waals surface area contributed by atoms with E-state index in [1.54, 1.807) is 7.05 Å². The van der Waals surface area contributed by atoms with Crippen molar-refractivity contribution in [2.75, 3.05) is 33.0 Å². The van der Waals surface area contributed by atoms with E-state index in [4.69, 9.17) is 10.5 Å². The summed E-state index contributed by atoms with van der Waals surface area (Å²) < 4.78 is 5.54. The molecule has 0 spiro atoms. The number of carbonyl (C=O) groups excluding carboxylic acids is 1. The zero-order chi connectivity index (χ0) is 13.5. The molecule has 0 aliphatic rings. The van der Waals surface area contributed by atoms with Crippen LogP contribution in [-0.4, -0.2) is 38.1 Å². The van der Waals surface area contributed by atoms with Crippen molar-refractivity contribution in [2.24, 2.45) is 0 Å². The van der Waals surface area contributed by atoms with Crippen molar-refractivity contribution in [1.82, 2.24) is 10.2 Å². The van der Waals surface area contributed by atoms with Gasteiger partial charge in [-0.1, -0.05) is 0 Å². The summed E-state index contributed by atoms with van der Waals surface area (Å²) in [6.45, 7) is 3.51. The Balaban J connectivity index is 2.75. The highest BCUT2D eigenvalue weighted by Gasteiger charge is 2.09. The van der Waals surface area contributed by atoms with Gasteiger partial charge in [-0.3, -0.25) is 9.69 Å². The Hall–Kier alpha value is -1.75. The van der Waals surface area contributed by atoms with E-state index in [9.17, 15) is 4.79 Å². The molecule has 0 fully saturated rings. The van der Waals surface area contributed by atoms with E-state index in [1.165, 1.54) is 0 Å². The molecule has 0 heterocycles. The zero-order valence-corrected chi connectivity index (χ0v) is 11.2. The molecule has 1 aromatic carbocycles. The van der Waals surface area contributed by atoms with Crippen LogP contribution in [-0.2, 0) is 11.3 Å². The molecule has 5 heteroatoms. The van der Waals surface area contributed by atoms with Gasteiger partial charge in [-0.25, -0.2) is 0 Å². The standard InChI is InChI=1S/C13H21N3O2/c1-4-18-12-6-5-11(14)7-10(12)8-16(3)9-13(17)15-2/h5-7H,4,8-9,14H2,1-3H3,(H,15,17). The van der Waals surface area contributed by atoms with Crippen LogP contribution in [0.5, 0.6) is 5.75 Å². The van der Waals surface area contributed by atoms with Gasteiger partial charge in [0.15, 0.2) is 0 Å². The van der Waals surface area contributed by atoms with E-state index in [0.717, 1.165) is 11.3 Å². The predicted molar refractivity (Wildman–Crippen MR) is 72.4 cm³/mol. The second-order valence-corrected chi connectivity index (χ2v) is 4.15. The first kappa shape index (κ1) is 14.3. The smallest absolute Gasteiger partial charge is 0.233 e. The number of rotatable bonds is 6. The third-order valence-corrected chi connectivity index (χ3v) is 2.52. The molecule has 1 rings (SSSR count). The topological polar surface area (TPSA) is 67.6 Å². The molecule has 3 N–H and O–H groups in total. The highest BCUT2D eigenvalue weighted by Crippen LogP contribution is 2.22. The van der Waals surface area contributed by atoms with E-state index < -0.39 is 0 Å². The minimum absolute atomic E-state index is 0.0145. The summed E-state index contributed by atoms with van der Waals surface area (Å²) in [6.07, 6.45) is 0. The maximum atomic E-state index is 11.3. The number of anilines is 1. The SMILES string of the molecule is CCOc1ccc(N)cc1CN(C)CC(=O)NC. The lowest BCUT2D eigenvalue weighted by Crippen LogP contribution is -2.32. The number of hydrogen-bond acceptors (Lipinski definition) is 4. The molecule has 1 amide bonds. The Morgan fingerprint density at radius 3 is 2.83 bits per heavy atom. The maximum absolute atomic E-state index is 11.3. The summed E-state index contributed by atoms with van der Waals surface area (Å²) in [7, 11) is 3.51. The lowest BCUT2D eigenvalue weighted by molar-refractivity contribution is -0.121. The number of nitrogens with zero attached hydrogens (tertiary/aromatic N) is 1. The molecule has 18 heavy (non-hydrogen) atoms. The number of benzene rings is 1. The molecule has 1 aromatic rings. The molecule has 0 saturated heterocycles. The number of nitrogens with one attached hydrogen (secondary N) is 1. The molecule has 0 bridgehead atoms. The van der Waals surface area contributed by atoms with Crippen molar-refractivity contribution in [3.63, 3.8) is 0 Å². The summed E-state index contributed by atoms with van der Waals surface area (Å²) in [5, 5.41) is 2.60. The van der Waals surface area contributed by atoms with Gasteiger partial charge in [0.1, 0.15) is 5.75 Å². The summed E-state index contributed by atoms with van der Waals surface area (Å²) in [6, 6.07) is 5.56. The number of likely N-dealkylation sites (N-methyl/N-ethyl adjacent to an activating group) is 2. The predicted octanol–water partition coefficient (Wildman–Crippen LogP) is 0.845. The van der Waals surface area contributed by atoms with Crippen LogP contribution in [0.15, 0.2) is 18.2 Å². The van der Waals surface area contributed by atoms with Gasteiger partial charge in [-0.05, 0) is 32.2 Å². The zero-order valence-electron chi connectivity index (χ0n) is 11.2. The van der Waals surface area contributed by atoms with Crippen LogP contribution >= 0.6 is 0 Å². The second-order valence-electron chi connectivity index (χ2n) is 4.15. The molecule has 5 nitrogen and oxygen atoms in total. The van der Waals surface area contributed by atoms with Crippen LogP contribution in [0.2, 0.25) is 0 Å². The minimum Gasteiger partial charge on any atom is -0.494 e. The van der Waals surface area contributed by atoms with Crippen molar-refractivity contribution in [2.45, 2.75) is 13.5 Å². The maximum Gasteiger partial charge on any atom is 0.233 e. The second kappa shape index (κ2) is 6.86. The Bertz CT molecular complexity index is 407. The Labute approximate surface area is 108 Å². The third-order valence-electron chi connectivity index (χ3n) is 2.52. The van der Waals surface area contributed by atoms with Gasteiger partial charge in [0.25, 0.3) is 0 Å². The van der Waals surface area contributed by atoms with Crippen LogP contribution in [0.25, 0.3) is 0 Å². The van der Waals surface area contributed by atoms with Gasteiger partial charge in [0.2, 0.25) is 5.91 Å². The summed E-state index contributed by atoms with van der Waals surface area (Å²) in [5.74, 6) is 0.801. The third kappa shape index (κ3) is 4.25. The molecule has 0 aliphatic heterocycles. The minimum atomic E-state index is -0.0145. The van der Waals surface area contributed by atoms with E-state index >= 15 is 0 Å². The molecule has 100 valence electrons. The molecule has 0 unspecified atom stereocenters. The number of amides is 1. The first-order valence-corrected chi connectivity index (χ1v) is 5.97. The van der Waals surface area contributed by atoms with Gasteiger partial charge in [-0.15, -0.1) is 0 Å². The molecular weight excluding hydrogens is 230 g/mol. The fourth-order valence-electron chi connectivity index (χ4n) is 1.69. The van der Waals surface area contributed by atoms with E-state index in [1.807, 2.05) is 37.1 Å². The van der Waals surface area contributed by atoms with Crippen molar-refractivity contribution < 1.29 is 9.53 Å². The number of nitrogens with two attached hydrogens (primary N) is 1. The number of ether oxygens (including phenoxy) is 1. The number of hydrogen-bond donors (Lipinski definition) is 2. The Morgan fingerprint density at radius 2 is 2.22 bits per heavy atom. The van der Waals surface area contributed by atoms with Crippen molar-refractivity contribution >= 4 is 11.6 Å². The molecule has 0 aromatic heterocycles. The van der Waals surface area contributed by atoms with Crippen LogP contribution in [0, 0.1) is 0 Å². The fraction of sp³-hybridized carbons (Fsp3) is 0.462. The lowest BCUT2D eigenvalue weighted by atomic mass is 10.1. The van der Waals surface area contributed by atoms with E-state index in [-0.39, 0.29) is 5.91 Å². The number of carbonyl (C=O) groups is 1. The Kier molecular flexibility index (Phi) is 5.45. The molecule has 0 radical (unpaired) electrons. The van der Waals surface area contributed by atoms with Crippen LogP contribution in [0.1, 0.15) is 12.5 Å². The summed E-state index contributed by atoms with van der Waals surface area (Å²) >= 11 is 0. The average Bonchev–Trinajstić information content (AvgIpc) is 2.32. The van der Waals surface area contributed by atoms with Gasteiger partial charge in [0.05, 0.1) is 13.2 Å². The van der Waals surface area contributed by atoms with E-state index in [2.05, 4.69) is 5.32 Å². The monoisotopic (exact) mass is 251 g/mol. The molecule has 0 saturated carbocycles. The average molecular weight is 251 g/mol. The van der Waals surface area contributed by atoms with E-state index in [0.29, 0.717) is 25.4 Å². The normalized spacial score (nSPS) is 10.4. The van der Waals surface area contributed by atoms with Crippen LogP contribution in [0.4, 0.5) is 5.69 Å². The fourth-order valence-corrected chi connectivity index (χ4v) is 1.69. The van der Waals surface area contributed by atoms with Gasteiger partial charge in [-0.2, -0.15) is 0 Å². The van der Waals surface area contributed by atoms with Gasteiger partial charge < -0.3 is 15.8 Å². The van der Waals surface area contributed by atoms with Crippen LogP contribution in [0.3, 0.4) is 0 Å². The largest absolute Gasteiger partial charge is 0.494 e. The highest BCUT2D eigenvalue weighted by atomic mass is 16.5. The molecule has 0 atom stereocenters. The molecular formula is C13H21N3O2. The van der Waals surface area contributed by atoms with Gasteiger partial charge in [0, 0.05) is 24.8 Å². The van der Waals surface area contributed by atoms with Crippen molar-refractivity contribution in [3.8, 4) is 5.75 Å². The van der Waals surface area contributed by atoms with Crippen LogP contribution < -0.4 is 15.8 Å². The van der Waals surface area contributed by atoms with Crippen molar-refractivity contribution in [3.05, 3.63) is 23.8 Å². The quantitative estimate of drug-likeness (QED) is 0.735. The summed E-state index contributed by atoms with van der Waals surface area (Å²) in [5.41, 5.74) is 7.46. The van der Waals surface area contributed by atoms with Crippen molar-refractivity contribution in [1.29, 1.82) is 0 Å². The Morgan fingerprint density at radius 1 is 1.50 bits per heavy atom. The first-order chi connectivity index (χ1) is 8.56. The summed E-state index contributed by atoms with van der Waals surface area (Å²) in [4.78, 5) is 13.2. The van der Waals surface area contributed by atoms with Gasteiger partial charge >= 0.3 is 0 Å². The number of nitrogen functional groups attached to an aromatic ring is 1. The lowest BCUT2D eigenvalue weighted by Gasteiger charge is -2.18. The highest BCUT2D eigenvalue weighted by molar-refractivity contribution is 5.77. The first-order valence-electron chi connectivity index (χ1n) is 5.97.